The number of nitrogens with zero attached hydrogens (tertiary/aromatic N) is 1. The topological polar surface area (TPSA) is 71.1 Å². The van der Waals surface area contributed by atoms with Gasteiger partial charge in [0.05, 0.1) is 0 Å². The summed E-state index contributed by atoms with van der Waals surface area (Å²) in [6, 6.07) is 20.1. The van der Waals surface area contributed by atoms with Gasteiger partial charge in [0.25, 0.3) is 11.8 Å². The van der Waals surface area contributed by atoms with E-state index in [1.165, 1.54) is 17.8 Å². The van der Waals surface area contributed by atoms with E-state index in [0.29, 0.717) is 17.8 Å². The highest BCUT2D eigenvalue weighted by atomic mass is 16.2. The molecule has 0 saturated carbocycles. The third-order valence-electron chi connectivity index (χ3n) is 3.86. The Balaban J connectivity index is 1.65. The minimum atomic E-state index is -0.357. The van der Waals surface area contributed by atoms with Gasteiger partial charge in [0.15, 0.2) is 0 Å². The fraction of sp³-hybridized carbons (Fsp3) is 0.0952. The van der Waals surface area contributed by atoms with Crippen molar-refractivity contribution in [3.05, 3.63) is 95.3 Å². The maximum Gasteiger partial charge on any atom is 0.274 e. The number of nitrogens with one attached hydrogen (secondary N) is 2. The molecule has 0 aliphatic carbocycles. The number of hydrogen-bond acceptors (Lipinski definition) is 3. The van der Waals surface area contributed by atoms with Crippen LogP contribution in [0, 0.1) is 6.92 Å². The average molecular weight is 345 g/mol. The molecule has 0 atom stereocenters. The molecule has 2 amide bonds. The fourth-order valence-electron chi connectivity index (χ4n) is 2.40. The number of hydrogen-bond donors (Lipinski definition) is 2. The zero-order valence-corrected chi connectivity index (χ0v) is 14.4. The van der Waals surface area contributed by atoms with Crippen LogP contribution in [0.5, 0.6) is 0 Å². The maximum atomic E-state index is 12.3. The van der Waals surface area contributed by atoms with Crippen LogP contribution in [-0.2, 0) is 6.54 Å². The Morgan fingerprint density at radius 3 is 2.38 bits per heavy atom. The van der Waals surface area contributed by atoms with E-state index in [-0.39, 0.29) is 17.5 Å². The summed E-state index contributed by atoms with van der Waals surface area (Å²) < 4.78 is 0. The Hall–Kier alpha value is -3.47. The van der Waals surface area contributed by atoms with E-state index in [0.717, 1.165) is 5.56 Å². The number of pyridine rings is 1. The monoisotopic (exact) mass is 345 g/mol. The van der Waals surface area contributed by atoms with Crippen molar-refractivity contribution in [2.45, 2.75) is 13.5 Å². The summed E-state index contributed by atoms with van der Waals surface area (Å²) in [7, 11) is 0. The number of aromatic nitrogens is 1. The molecule has 2 aromatic carbocycles. The van der Waals surface area contributed by atoms with Crippen LogP contribution < -0.4 is 10.6 Å². The molecular formula is C21H19N3O2. The third kappa shape index (κ3) is 4.54. The molecular weight excluding hydrogens is 326 g/mol. The van der Waals surface area contributed by atoms with E-state index in [1.54, 1.807) is 18.2 Å². The van der Waals surface area contributed by atoms with Gasteiger partial charge in [-0.25, -0.2) is 0 Å². The van der Waals surface area contributed by atoms with E-state index < -0.39 is 0 Å². The molecule has 5 nitrogen and oxygen atoms in total. The molecule has 5 heteroatoms. The predicted octanol–water partition coefficient (Wildman–Crippen LogP) is 3.57. The Morgan fingerprint density at radius 1 is 0.923 bits per heavy atom. The first-order valence-electron chi connectivity index (χ1n) is 8.28. The second-order valence-corrected chi connectivity index (χ2v) is 5.92. The Morgan fingerprint density at radius 2 is 1.65 bits per heavy atom. The van der Waals surface area contributed by atoms with E-state index in [2.05, 4.69) is 15.6 Å². The number of benzene rings is 2. The quantitative estimate of drug-likeness (QED) is 0.742. The van der Waals surface area contributed by atoms with Gasteiger partial charge in [-0.05, 0) is 36.8 Å². The van der Waals surface area contributed by atoms with Gasteiger partial charge >= 0.3 is 0 Å². The van der Waals surface area contributed by atoms with Gasteiger partial charge in [0.1, 0.15) is 5.69 Å². The molecule has 0 unspecified atom stereocenters. The van der Waals surface area contributed by atoms with Gasteiger partial charge in [-0.2, -0.15) is 0 Å². The summed E-state index contributed by atoms with van der Waals surface area (Å²) in [6.45, 7) is 2.44. The molecule has 3 rings (SSSR count). The number of amides is 2. The number of anilines is 1. The smallest absolute Gasteiger partial charge is 0.274 e. The van der Waals surface area contributed by atoms with Crippen molar-refractivity contribution in [1.29, 1.82) is 0 Å². The average Bonchev–Trinajstić information content (AvgIpc) is 2.68. The van der Waals surface area contributed by atoms with Crippen molar-refractivity contribution in [3.8, 4) is 0 Å². The summed E-state index contributed by atoms with van der Waals surface area (Å²) in [4.78, 5) is 28.7. The highest BCUT2D eigenvalue weighted by Crippen LogP contribution is 2.09. The van der Waals surface area contributed by atoms with Crippen molar-refractivity contribution in [3.63, 3.8) is 0 Å². The van der Waals surface area contributed by atoms with Gasteiger partial charge in [0, 0.05) is 24.0 Å². The zero-order valence-electron chi connectivity index (χ0n) is 14.4. The minimum absolute atomic E-state index is 0.192. The molecule has 0 saturated heterocycles. The molecule has 2 N–H and O–H groups in total. The minimum Gasteiger partial charge on any atom is -0.348 e. The van der Waals surface area contributed by atoms with Crippen LogP contribution in [0.2, 0.25) is 0 Å². The van der Waals surface area contributed by atoms with Crippen LogP contribution >= 0.6 is 0 Å². The number of para-hydroxylation sites is 1. The molecule has 0 radical (unpaired) electrons. The van der Waals surface area contributed by atoms with Crippen LogP contribution in [0.15, 0.2) is 72.9 Å². The summed E-state index contributed by atoms with van der Waals surface area (Å²) in [6.07, 6.45) is 1.46. The largest absolute Gasteiger partial charge is 0.348 e. The van der Waals surface area contributed by atoms with Crippen molar-refractivity contribution in [2.75, 3.05) is 5.32 Å². The van der Waals surface area contributed by atoms with Crippen molar-refractivity contribution < 1.29 is 9.59 Å². The van der Waals surface area contributed by atoms with Gasteiger partial charge in [-0.3, -0.25) is 14.6 Å². The third-order valence-corrected chi connectivity index (χ3v) is 3.86. The lowest BCUT2D eigenvalue weighted by atomic mass is 10.1. The molecule has 3 aromatic rings. The predicted molar refractivity (Wildman–Crippen MR) is 101 cm³/mol. The Bertz CT molecular complexity index is 906. The van der Waals surface area contributed by atoms with E-state index in [9.17, 15) is 9.59 Å². The van der Waals surface area contributed by atoms with Gasteiger partial charge in [-0.15, -0.1) is 0 Å². The van der Waals surface area contributed by atoms with Crippen LogP contribution in [0.1, 0.15) is 32.0 Å². The molecule has 1 heterocycles. The number of carbonyl (C=O) groups is 2. The second-order valence-electron chi connectivity index (χ2n) is 5.92. The zero-order chi connectivity index (χ0) is 18.4. The molecule has 0 bridgehead atoms. The molecule has 0 aliphatic heterocycles. The molecule has 1 aromatic heterocycles. The Kier molecular flexibility index (Phi) is 5.39. The van der Waals surface area contributed by atoms with Gasteiger partial charge in [0.2, 0.25) is 0 Å². The molecule has 0 spiro atoms. The van der Waals surface area contributed by atoms with Crippen LogP contribution in [0.25, 0.3) is 0 Å². The Labute approximate surface area is 152 Å². The molecule has 0 aliphatic rings. The maximum absolute atomic E-state index is 12.3. The van der Waals surface area contributed by atoms with E-state index in [4.69, 9.17) is 0 Å². The first-order valence-corrected chi connectivity index (χ1v) is 8.28. The lowest BCUT2D eigenvalue weighted by Crippen LogP contribution is -2.23. The highest BCUT2D eigenvalue weighted by molar-refractivity contribution is 6.04. The lowest BCUT2D eigenvalue weighted by Gasteiger charge is -2.08. The number of aryl methyl sites for hydroxylation is 1. The lowest BCUT2D eigenvalue weighted by molar-refractivity contribution is 0.0951. The molecule has 130 valence electrons. The molecule has 0 fully saturated rings. The first kappa shape index (κ1) is 17.4. The van der Waals surface area contributed by atoms with Crippen LogP contribution in [0.4, 0.5) is 5.69 Å². The SMILES string of the molecule is Cc1ccc(CNC(=O)c2ccnc(C(=O)Nc3ccccc3)c2)cc1. The fourth-order valence-corrected chi connectivity index (χ4v) is 2.40. The van der Waals surface area contributed by atoms with Crippen molar-refractivity contribution in [2.24, 2.45) is 0 Å². The first-order chi connectivity index (χ1) is 12.6. The standard InChI is InChI=1S/C21H19N3O2/c1-15-7-9-16(10-8-15)14-23-20(25)17-11-12-22-19(13-17)21(26)24-18-5-3-2-4-6-18/h2-13H,14H2,1H3,(H,23,25)(H,24,26). The number of rotatable bonds is 5. The summed E-state index contributed by atoms with van der Waals surface area (Å²) in [5, 5.41) is 5.61. The van der Waals surface area contributed by atoms with Crippen LogP contribution in [-0.4, -0.2) is 16.8 Å². The number of carbonyl (C=O) groups excluding carboxylic acids is 2. The molecule has 26 heavy (non-hydrogen) atoms. The van der Waals surface area contributed by atoms with Gasteiger partial charge in [-0.1, -0.05) is 48.0 Å². The second kappa shape index (κ2) is 8.07. The van der Waals surface area contributed by atoms with Gasteiger partial charge < -0.3 is 10.6 Å². The van der Waals surface area contributed by atoms with E-state index >= 15 is 0 Å². The van der Waals surface area contributed by atoms with Crippen LogP contribution in [0.3, 0.4) is 0 Å². The summed E-state index contributed by atoms with van der Waals surface area (Å²) in [5.41, 5.74) is 3.44. The van der Waals surface area contributed by atoms with Crippen molar-refractivity contribution >= 4 is 17.5 Å². The normalized spacial score (nSPS) is 10.2. The van der Waals surface area contributed by atoms with E-state index in [1.807, 2.05) is 49.4 Å². The van der Waals surface area contributed by atoms with Crippen molar-refractivity contribution in [1.82, 2.24) is 10.3 Å². The summed E-state index contributed by atoms with van der Waals surface area (Å²) >= 11 is 0. The summed E-state index contributed by atoms with van der Waals surface area (Å²) in [5.74, 6) is -0.605. The highest BCUT2D eigenvalue weighted by Gasteiger charge is 2.12.